The van der Waals surface area contributed by atoms with Gasteiger partial charge in [0.2, 0.25) is 0 Å². The molecule has 0 atom stereocenters. The fraction of sp³-hybridized carbons (Fsp3) is 0.357. The molecule has 0 radical (unpaired) electrons. The molecule has 102 valence electrons. The number of hydrogen-bond donors (Lipinski definition) is 1. The van der Waals surface area contributed by atoms with Crippen molar-refractivity contribution in [1.82, 2.24) is 9.88 Å². The molecule has 0 aliphatic rings. The molecular formula is C14H17FN2O2. The van der Waals surface area contributed by atoms with Crippen LogP contribution in [-0.4, -0.2) is 30.7 Å². The number of nitrogens with zero attached hydrogens (tertiary/aromatic N) is 1. The van der Waals surface area contributed by atoms with Gasteiger partial charge in [-0.2, -0.15) is 0 Å². The van der Waals surface area contributed by atoms with Gasteiger partial charge in [-0.05, 0) is 30.7 Å². The molecule has 0 unspecified atom stereocenters. The zero-order chi connectivity index (χ0) is 13.8. The summed E-state index contributed by atoms with van der Waals surface area (Å²) < 4.78 is 19.8. The summed E-state index contributed by atoms with van der Waals surface area (Å²) in [4.78, 5) is 12.0. The Morgan fingerprint density at radius 1 is 1.42 bits per heavy atom. The van der Waals surface area contributed by atoms with Crippen molar-refractivity contribution in [3.63, 3.8) is 0 Å². The number of aryl methyl sites for hydroxylation is 1. The van der Waals surface area contributed by atoms with Crippen molar-refractivity contribution in [3.05, 3.63) is 35.8 Å². The fourth-order valence-corrected chi connectivity index (χ4v) is 2.03. The van der Waals surface area contributed by atoms with Crippen molar-refractivity contribution in [2.75, 3.05) is 20.3 Å². The van der Waals surface area contributed by atoms with Crippen molar-refractivity contribution in [3.8, 4) is 0 Å². The van der Waals surface area contributed by atoms with E-state index in [2.05, 4.69) is 5.32 Å². The van der Waals surface area contributed by atoms with Gasteiger partial charge in [-0.3, -0.25) is 4.79 Å². The smallest absolute Gasteiger partial charge is 0.267 e. The van der Waals surface area contributed by atoms with Crippen LogP contribution >= 0.6 is 0 Å². The Kier molecular flexibility index (Phi) is 4.16. The van der Waals surface area contributed by atoms with Crippen molar-refractivity contribution < 1.29 is 13.9 Å². The van der Waals surface area contributed by atoms with E-state index in [0.717, 1.165) is 11.8 Å². The second-order valence-electron chi connectivity index (χ2n) is 4.39. The van der Waals surface area contributed by atoms with E-state index in [0.29, 0.717) is 24.4 Å². The molecular weight excluding hydrogens is 247 g/mol. The van der Waals surface area contributed by atoms with E-state index >= 15 is 0 Å². The number of hydrogen-bond acceptors (Lipinski definition) is 2. The Labute approximate surface area is 111 Å². The van der Waals surface area contributed by atoms with Crippen molar-refractivity contribution >= 4 is 16.8 Å². The zero-order valence-corrected chi connectivity index (χ0v) is 11.1. The zero-order valence-electron chi connectivity index (χ0n) is 11.1. The number of carbonyl (C=O) groups excluding carboxylic acids is 1. The van der Waals surface area contributed by atoms with Crippen LogP contribution in [0.1, 0.15) is 16.9 Å². The van der Waals surface area contributed by atoms with Crippen LogP contribution in [0.5, 0.6) is 0 Å². The number of ether oxygens (including phenoxy) is 1. The Hall–Kier alpha value is -1.88. The molecule has 4 nitrogen and oxygen atoms in total. The number of benzene rings is 1. The van der Waals surface area contributed by atoms with Crippen LogP contribution in [0.15, 0.2) is 24.3 Å². The maximum Gasteiger partial charge on any atom is 0.267 e. The summed E-state index contributed by atoms with van der Waals surface area (Å²) >= 11 is 0. The first kappa shape index (κ1) is 13.5. The first-order chi connectivity index (χ1) is 9.13. The molecule has 0 aliphatic heterocycles. The lowest BCUT2D eigenvalue weighted by Gasteiger charge is -2.06. The molecule has 0 aliphatic carbocycles. The molecule has 0 saturated carbocycles. The average molecular weight is 264 g/mol. The van der Waals surface area contributed by atoms with Gasteiger partial charge in [0, 0.05) is 32.7 Å². The Bertz CT molecular complexity index is 592. The number of rotatable bonds is 5. The van der Waals surface area contributed by atoms with Gasteiger partial charge in [-0.25, -0.2) is 4.39 Å². The maximum absolute atomic E-state index is 13.2. The normalized spacial score (nSPS) is 10.9. The van der Waals surface area contributed by atoms with Crippen LogP contribution in [0.2, 0.25) is 0 Å². The molecule has 0 spiro atoms. The number of carbonyl (C=O) groups is 1. The van der Waals surface area contributed by atoms with Gasteiger partial charge >= 0.3 is 0 Å². The summed E-state index contributed by atoms with van der Waals surface area (Å²) in [6.07, 6.45) is 0.765. The number of amides is 1. The second kappa shape index (κ2) is 5.84. The first-order valence-electron chi connectivity index (χ1n) is 6.15. The molecule has 2 aromatic rings. The molecule has 1 aromatic carbocycles. The first-order valence-corrected chi connectivity index (χ1v) is 6.15. The van der Waals surface area contributed by atoms with Gasteiger partial charge < -0.3 is 14.6 Å². The van der Waals surface area contributed by atoms with Crippen molar-refractivity contribution in [2.24, 2.45) is 7.05 Å². The molecule has 2 rings (SSSR count). The van der Waals surface area contributed by atoms with E-state index < -0.39 is 0 Å². The number of methoxy groups -OCH3 is 1. The average Bonchev–Trinajstić information content (AvgIpc) is 2.72. The van der Waals surface area contributed by atoms with Gasteiger partial charge in [-0.1, -0.05) is 0 Å². The van der Waals surface area contributed by atoms with Crippen LogP contribution in [0.25, 0.3) is 10.9 Å². The monoisotopic (exact) mass is 264 g/mol. The molecule has 1 heterocycles. The SMILES string of the molecule is COCCCNC(=O)c1cc2ccc(F)cc2n1C. The van der Waals surface area contributed by atoms with Gasteiger partial charge in [0.05, 0.1) is 5.52 Å². The number of nitrogens with one attached hydrogen (secondary N) is 1. The summed E-state index contributed by atoms with van der Waals surface area (Å²) in [5.41, 5.74) is 1.24. The van der Waals surface area contributed by atoms with Crippen molar-refractivity contribution in [2.45, 2.75) is 6.42 Å². The molecule has 19 heavy (non-hydrogen) atoms. The van der Waals surface area contributed by atoms with Gasteiger partial charge in [0.1, 0.15) is 11.5 Å². The summed E-state index contributed by atoms with van der Waals surface area (Å²) in [7, 11) is 3.38. The third kappa shape index (κ3) is 2.93. The quantitative estimate of drug-likeness (QED) is 0.840. The lowest BCUT2D eigenvalue weighted by atomic mass is 10.2. The molecule has 1 N–H and O–H groups in total. The van der Waals surface area contributed by atoms with Crippen LogP contribution < -0.4 is 5.32 Å². The van der Waals surface area contributed by atoms with Crippen LogP contribution in [0.3, 0.4) is 0 Å². The standard InChI is InChI=1S/C14H17FN2O2/c1-17-12-9-11(15)5-4-10(12)8-13(17)14(18)16-6-3-7-19-2/h4-5,8-9H,3,6-7H2,1-2H3,(H,16,18). The van der Waals surface area contributed by atoms with E-state index in [1.165, 1.54) is 12.1 Å². The van der Waals surface area contributed by atoms with Gasteiger partial charge in [-0.15, -0.1) is 0 Å². The summed E-state index contributed by atoms with van der Waals surface area (Å²) in [5.74, 6) is -0.462. The molecule has 0 fully saturated rings. The molecule has 0 bridgehead atoms. The topological polar surface area (TPSA) is 43.3 Å². The highest BCUT2D eigenvalue weighted by atomic mass is 19.1. The molecule has 1 aromatic heterocycles. The Balaban J connectivity index is 2.16. The predicted molar refractivity (Wildman–Crippen MR) is 71.7 cm³/mol. The highest BCUT2D eigenvalue weighted by Crippen LogP contribution is 2.19. The minimum absolute atomic E-state index is 0.157. The van der Waals surface area contributed by atoms with E-state index in [1.54, 1.807) is 30.9 Å². The Morgan fingerprint density at radius 3 is 2.95 bits per heavy atom. The summed E-state index contributed by atoms with van der Waals surface area (Å²) in [6.45, 7) is 1.17. The Morgan fingerprint density at radius 2 is 2.21 bits per heavy atom. The summed E-state index contributed by atoms with van der Waals surface area (Å²) in [5, 5.41) is 3.67. The van der Waals surface area contributed by atoms with Gasteiger partial charge in [0.15, 0.2) is 0 Å². The highest BCUT2D eigenvalue weighted by molar-refractivity contribution is 5.98. The highest BCUT2D eigenvalue weighted by Gasteiger charge is 2.13. The predicted octanol–water partition coefficient (Wildman–Crippen LogP) is 2.08. The molecule has 5 heteroatoms. The minimum atomic E-state index is -0.305. The minimum Gasteiger partial charge on any atom is -0.385 e. The lowest BCUT2D eigenvalue weighted by molar-refractivity contribution is 0.0941. The molecule has 0 saturated heterocycles. The van der Waals surface area contributed by atoms with E-state index in [1.807, 2.05) is 0 Å². The van der Waals surface area contributed by atoms with Crippen LogP contribution in [0, 0.1) is 5.82 Å². The van der Waals surface area contributed by atoms with E-state index in [-0.39, 0.29) is 11.7 Å². The van der Waals surface area contributed by atoms with Crippen LogP contribution in [-0.2, 0) is 11.8 Å². The summed E-state index contributed by atoms with van der Waals surface area (Å²) in [6, 6.07) is 6.26. The number of halogens is 1. The largest absolute Gasteiger partial charge is 0.385 e. The fourth-order valence-electron chi connectivity index (χ4n) is 2.03. The third-order valence-electron chi connectivity index (χ3n) is 3.05. The molecule has 1 amide bonds. The van der Waals surface area contributed by atoms with Crippen LogP contribution in [0.4, 0.5) is 4.39 Å². The number of aromatic nitrogens is 1. The van der Waals surface area contributed by atoms with E-state index in [9.17, 15) is 9.18 Å². The second-order valence-corrected chi connectivity index (χ2v) is 4.39. The maximum atomic E-state index is 13.2. The third-order valence-corrected chi connectivity index (χ3v) is 3.05. The van der Waals surface area contributed by atoms with Crippen molar-refractivity contribution in [1.29, 1.82) is 0 Å². The van der Waals surface area contributed by atoms with Gasteiger partial charge in [0.25, 0.3) is 5.91 Å². The van der Waals surface area contributed by atoms with E-state index in [4.69, 9.17) is 4.74 Å². The lowest BCUT2D eigenvalue weighted by Crippen LogP contribution is -2.26. The number of fused-ring (bicyclic) bond motifs is 1.